The van der Waals surface area contributed by atoms with Crippen molar-refractivity contribution in [1.82, 2.24) is 15.0 Å². The van der Waals surface area contributed by atoms with Gasteiger partial charge in [-0.1, -0.05) is 12.1 Å². The Morgan fingerprint density at radius 3 is 2.57 bits per heavy atom. The fourth-order valence-electron chi connectivity index (χ4n) is 4.39. The molecule has 2 aromatic heterocycles. The number of aromatic nitrogens is 3. The number of pyridine rings is 1. The lowest BCUT2D eigenvalue weighted by atomic mass is 10.1. The number of amides is 1. The number of fused-ring (bicyclic) bond motifs is 1. The standard InChI is InChI=1S/C32H31N7O3/c1-4-41-26-11-12-28-27(17-26)32(36-23-10-13-29(39(2)3)22(15-23)18-33)38-31(37-28)21-7-5-9-25(16-21)42-20-30(40)35-24-8-6-14-34-19-24/h5-19,33H,4,20H2,1-3H3,(H,35,40)(H,36,37,38). The van der Waals surface area contributed by atoms with Crippen molar-refractivity contribution in [2.24, 2.45) is 0 Å². The first-order chi connectivity index (χ1) is 20.4. The lowest BCUT2D eigenvalue weighted by Gasteiger charge is -2.17. The molecule has 212 valence electrons. The van der Waals surface area contributed by atoms with Gasteiger partial charge in [-0.15, -0.1) is 0 Å². The lowest BCUT2D eigenvalue weighted by molar-refractivity contribution is -0.118. The molecule has 1 amide bonds. The molecule has 0 fully saturated rings. The van der Waals surface area contributed by atoms with Crippen molar-refractivity contribution in [3.8, 4) is 22.9 Å². The summed E-state index contributed by atoms with van der Waals surface area (Å²) < 4.78 is 11.5. The second kappa shape index (κ2) is 12.8. The number of carbonyl (C=O) groups excluding carboxylic acids is 1. The van der Waals surface area contributed by atoms with E-state index in [0.717, 1.165) is 33.4 Å². The number of hydrogen-bond acceptors (Lipinski definition) is 9. The van der Waals surface area contributed by atoms with Gasteiger partial charge in [0.05, 0.1) is 24.0 Å². The number of benzene rings is 3. The topological polar surface area (TPSA) is 125 Å². The highest BCUT2D eigenvalue weighted by atomic mass is 16.5. The van der Waals surface area contributed by atoms with Crippen LogP contribution in [0.3, 0.4) is 0 Å². The molecule has 0 saturated heterocycles. The maximum Gasteiger partial charge on any atom is 0.262 e. The van der Waals surface area contributed by atoms with Crippen LogP contribution >= 0.6 is 0 Å². The second-order valence-corrected chi connectivity index (χ2v) is 9.55. The van der Waals surface area contributed by atoms with Crippen LogP contribution in [0, 0.1) is 5.41 Å². The Hall–Kier alpha value is -5.51. The largest absolute Gasteiger partial charge is 0.494 e. The zero-order valence-electron chi connectivity index (χ0n) is 23.6. The first-order valence-corrected chi connectivity index (χ1v) is 13.4. The van der Waals surface area contributed by atoms with Gasteiger partial charge < -0.3 is 30.4 Å². The molecule has 2 heterocycles. The minimum absolute atomic E-state index is 0.164. The van der Waals surface area contributed by atoms with Crippen molar-refractivity contribution < 1.29 is 14.3 Å². The van der Waals surface area contributed by atoms with Crippen molar-refractivity contribution in [2.75, 3.05) is 42.8 Å². The third kappa shape index (κ3) is 6.61. The van der Waals surface area contributed by atoms with Gasteiger partial charge in [-0.3, -0.25) is 9.78 Å². The summed E-state index contributed by atoms with van der Waals surface area (Å²) in [6.07, 6.45) is 4.54. The normalized spacial score (nSPS) is 10.6. The van der Waals surface area contributed by atoms with Crippen LogP contribution in [0.4, 0.5) is 22.9 Å². The number of nitrogens with one attached hydrogen (secondary N) is 3. The molecule has 0 aliphatic heterocycles. The van der Waals surface area contributed by atoms with Crippen LogP contribution in [0.25, 0.3) is 22.3 Å². The first-order valence-electron chi connectivity index (χ1n) is 13.4. The van der Waals surface area contributed by atoms with Crippen molar-refractivity contribution in [2.45, 2.75) is 6.92 Å². The second-order valence-electron chi connectivity index (χ2n) is 9.55. The van der Waals surface area contributed by atoms with Crippen LogP contribution in [-0.2, 0) is 4.79 Å². The van der Waals surface area contributed by atoms with E-state index in [4.69, 9.17) is 24.9 Å². The molecule has 0 bridgehead atoms. The van der Waals surface area contributed by atoms with Gasteiger partial charge >= 0.3 is 0 Å². The highest BCUT2D eigenvalue weighted by molar-refractivity contribution is 5.95. The van der Waals surface area contributed by atoms with E-state index in [9.17, 15) is 4.79 Å². The van der Waals surface area contributed by atoms with Crippen molar-refractivity contribution in [1.29, 1.82) is 5.41 Å². The lowest BCUT2D eigenvalue weighted by Crippen LogP contribution is -2.20. The molecule has 0 radical (unpaired) electrons. The van der Waals surface area contributed by atoms with Gasteiger partial charge in [0, 0.05) is 54.4 Å². The van der Waals surface area contributed by atoms with Gasteiger partial charge in [0.25, 0.3) is 5.91 Å². The van der Waals surface area contributed by atoms with Crippen LogP contribution in [0.2, 0.25) is 0 Å². The summed E-state index contributed by atoms with van der Waals surface area (Å²) in [5.41, 5.74) is 4.54. The molecule has 42 heavy (non-hydrogen) atoms. The SMILES string of the molecule is CCOc1ccc2nc(-c3cccc(OCC(=O)Nc4cccnc4)c3)nc(Nc3ccc(N(C)C)c(C=N)c3)c2c1. The molecule has 3 aromatic carbocycles. The third-order valence-electron chi connectivity index (χ3n) is 6.31. The number of rotatable bonds is 11. The number of ether oxygens (including phenoxy) is 2. The molecule has 0 saturated carbocycles. The van der Waals surface area contributed by atoms with Gasteiger partial charge in [0.1, 0.15) is 17.3 Å². The summed E-state index contributed by atoms with van der Waals surface area (Å²) in [4.78, 5) is 28.0. The molecular weight excluding hydrogens is 530 g/mol. The van der Waals surface area contributed by atoms with E-state index >= 15 is 0 Å². The van der Waals surface area contributed by atoms with E-state index in [1.54, 1.807) is 36.7 Å². The van der Waals surface area contributed by atoms with E-state index in [2.05, 4.69) is 15.6 Å². The predicted octanol–water partition coefficient (Wildman–Crippen LogP) is 5.92. The Bertz CT molecular complexity index is 1730. The molecule has 5 rings (SSSR count). The first kappa shape index (κ1) is 28.0. The Balaban J connectivity index is 1.45. The summed E-state index contributed by atoms with van der Waals surface area (Å²) in [6, 6.07) is 22.3. The minimum Gasteiger partial charge on any atom is -0.494 e. The van der Waals surface area contributed by atoms with Crippen LogP contribution in [0.1, 0.15) is 12.5 Å². The zero-order chi connectivity index (χ0) is 29.5. The van der Waals surface area contributed by atoms with Gasteiger partial charge in [-0.2, -0.15) is 0 Å². The number of carbonyl (C=O) groups is 1. The Labute approximate surface area is 243 Å². The third-order valence-corrected chi connectivity index (χ3v) is 6.31. The van der Waals surface area contributed by atoms with Crippen LogP contribution < -0.4 is 25.0 Å². The monoisotopic (exact) mass is 561 g/mol. The highest BCUT2D eigenvalue weighted by Gasteiger charge is 2.14. The summed E-state index contributed by atoms with van der Waals surface area (Å²) in [5, 5.41) is 14.9. The van der Waals surface area contributed by atoms with Crippen molar-refractivity contribution in [3.05, 3.63) is 90.8 Å². The summed E-state index contributed by atoms with van der Waals surface area (Å²) in [5.74, 6) is 2.00. The summed E-state index contributed by atoms with van der Waals surface area (Å²) in [7, 11) is 3.89. The molecule has 5 aromatic rings. The molecular formula is C32H31N7O3. The van der Waals surface area contributed by atoms with E-state index < -0.39 is 0 Å². The van der Waals surface area contributed by atoms with Gasteiger partial charge in [0.2, 0.25) is 0 Å². The van der Waals surface area contributed by atoms with E-state index in [-0.39, 0.29) is 12.5 Å². The van der Waals surface area contributed by atoms with Gasteiger partial charge in [-0.25, -0.2) is 9.97 Å². The van der Waals surface area contributed by atoms with Crippen molar-refractivity contribution in [3.63, 3.8) is 0 Å². The highest BCUT2D eigenvalue weighted by Crippen LogP contribution is 2.32. The smallest absolute Gasteiger partial charge is 0.262 e. The summed E-state index contributed by atoms with van der Waals surface area (Å²) in [6.45, 7) is 2.31. The van der Waals surface area contributed by atoms with E-state index in [0.29, 0.717) is 35.4 Å². The van der Waals surface area contributed by atoms with Gasteiger partial charge in [-0.05, 0) is 67.6 Å². The molecule has 0 aliphatic rings. The maximum atomic E-state index is 12.4. The van der Waals surface area contributed by atoms with Crippen molar-refractivity contribution >= 4 is 45.9 Å². The molecule has 3 N–H and O–H groups in total. The molecule has 0 spiro atoms. The van der Waals surface area contributed by atoms with E-state index in [1.807, 2.05) is 74.4 Å². The molecule has 10 nitrogen and oxygen atoms in total. The number of anilines is 4. The van der Waals surface area contributed by atoms with Crippen LogP contribution in [0.15, 0.2) is 85.2 Å². The number of nitrogens with zero attached hydrogens (tertiary/aromatic N) is 4. The molecule has 0 unspecified atom stereocenters. The minimum atomic E-state index is -0.295. The zero-order valence-corrected chi connectivity index (χ0v) is 23.6. The predicted molar refractivity (Wildman–Crippen MR) is 166 cm³/mol. The average Bonchev–Trinajstić information content (AvgIpc) is 3.00. The fourth-order valence-corrected chi connectivity index (χ4v) is 4.39. The molecule has 0 aliphatic carbocycles. The molecule has 0 atom stereocenters. The Kier molecular flexibility index (Phi) is 8.53. The molecule has 10 heteroatoms. The van der Waals surface area contributed by atoms with E-state index in [1.165, 1.54) is 6.21 Å². The number of hydrogen-bond donors (Lipinski definition) is 3. The Morgan fingerprint density at radius 1 is 0.952 bits per heavy atom. The maximum absolute atomic E-state index is 12.4. The quantitative estimate of drug-likeness (QED) is 0.170. The average molecular weight is 562 g/mol. The van der Waals surface area contributed by atoms with Crippen LogP contribution in [-0.4, -0.2) is 54.4 Å². The Morgan fingerprint density at radius 2 is 1.81 bits per heavy atom. The summed E-state index contributed by atoms with van der Waals surface area (Å²) >= 11 is 0. The fraction of sp³-hybridized carbons (Fsp3) is 0.156. The van der Waals surface area contributed by atoms with Gasteiger partial charge in [0.15, 0.2) is 12.4 Å². The van der Waals surface area contributed by atoms with Crippen LogP contribution in [0.5, 0.6) is 11.5 Å².